The van der Waals surface area contributed by atoms with Crippen LogP contribution in [0.1, 0.15) is 33.4 Å². The van der Waals surface area contributed by atoms with Gasteiger partial charge in [-0.1, -0.05) is 60.2 Å². The summed E-state index contributed by atoms with van der Waals surface area (Å²) in [4.78, 5) is 20.9. The molecule has 0 bridgehead atoms. The molecule has 134 valence electrons. The van der Waals surface area contributed by atoms with Gasteiger partial charge < -0.3 is 10.3 Å². The fourth-order valence-corrected chi connectivity index (χ4v) is 3.23. The smallest absolute Gasteiger partial charge is 0.251 e. The van der Waals surface area contributed by atoms with Crippen molar-refractivity contribution in [2.45, 2.75) is 19.4 Å². The number of fused-ring (bicyclic) bond motifs is 1. The third-order valence-electron chi connectivity index (χ3n) is 4.61. The van der Waals surface area contributed by atoms with Gasteiger partial charge in [-0.15, -0.1) is 0 Å². The van der Waals surface area contributed by atoms with E-state index < -0.39 is 0 Å². The van der Waals surface area contributed by atoms with Gasteiger partial charge in [-0.2, -0.15) is 0 Å². The highest BCUT2D eigenvalue weighted by atomic mass is 16.1. The zero-order chi connectivity index (χ0) is 18.6. The lowest BCUT2D eigenvalue weighted by molar-refractivity contribution is 0.0935. The molecule has 1 heterocycles. The van der Waals surface area contributed by atoms with Gasteiger partial charge in [0.2, 0.25) is 0 Å². The largest absolute Gasteiger partial charge is 0.342 e. The van der Waals surface area contributed by atoms with Crippen molar-refractivity contribution in [3.8, 4) is 0 Å². The molecule has 1 amide bonds. The van der Waals surface area contributed by atoms with Crippen molar-refractivity contribution in [3.63, 3.8) is 0 Å². The summed E-state index contributed by atoms with van der Waals surface area (Å²) in [5, 5.41) is 3.15. The summed E-state index contributed by atoms with van der Waals surface area (Å²) < 4.78 is 0. The normalized spacial score (nSPS) is 12.0. The number of rotatable bonds is 5. The first-order valence-corrected chi connectivity index (χ1v) is 9.05. The van der Waals surface area contributed by atoms with E-state index in [0.29, 0.717) is 12.0 Å². The van der Waals surface area contributed by atoms with Crippen LogP contribution in [0.15, 0.2) is 78.9 Å². The monoisotopic (exact) mass is 355 g/mol. The summed E-state index contributed by atoms with van der Waals surface area (Å²) in [6.45, 7) is 1.98. The number of H-pyrrole nitrogens is 1. The molecule has 1 aromatic heterocycles. The second-order valence-corrected chi connectivity index (χ2v) is 6.72. The summed E-state index contributed by atoms with van der Waals surface area (Å²) in [6, 6.07) is 25.4. The molecule has 0 radical (unpaired) electrons. The Kier molecular flexibility index (Phi) is 4.71. The number of aryl methyl sites for hydroxylation is 1. The highest BCUT2D eigenvalue weighted by molar-refractivity contribution is 5.94. The average molecular weight is 355 g/mol. The van der Waals surface area contributed by atoms with Crippen molar-refractivity contribution < 1.29 is 4.79 Å². The lowest BCUT2D eigenvalue weighted by Gasteiger charge is -2.17. The van der Waals surface area contributed by atoms with Gasteiger partial charge in [0.25, 0.3) is 5.91 Å². The summed E-state index contributed by atoms with van der Waals surface area (Å²) in [5.41, 5.74) is 4.73. The predicted octanol–water partition coefficient (Wildman–Crippen LogP) is 4.59. The number of para-hydroxylation sites is 2. The summed E-state index contributed by atoms with van der Waals surface area (Å²) in [7, 11) is 0. The van der Waals surface area contributed by atoms with Crippen LogP contribution < -0.4 is 5.32 Å². The Morgan fingerprint density at radius 1 is 1.00 bits per heavy atom. The number of hydrogen-bond donors (Lipinski definition) is 2. The van der Waals surface area contributed by atoms with Crippen LogP contribution in [0.25, 0.3) is 11.0 Å². The molecule has 0 aliphatic carbocycles. The zero-order valence-corrected chi connectivity index (χ0v) is 15.1. The first kappa shape index (κ1) is 17.0. The van der Waals surface area contributed by atoms with Gasteiger partial charge in [0, 0.05) is 5.56 Å². The molecule has 0 aliphatic rings. The van der Waals surface area contributed by atoms with Gasteiger partial charge >= 0.3 is 0 Å². The highest BCUT2D eigenvalue weighted by Gasteiger charge is 2.20. The number of carbonyl (C=O) groups excluding carboxylic acids is 1. The summed E-state index contributed by atoms with van der Waals surface area (Å²) in [6.07, 6.45) is 0.665. The van der Waals surface area contributed by atoms with Crippen molar-refractivity contribution in [2.75, 3.05) is 0 Å². The molecule has 0 fully saturated rings. The van der Waals surface area contributed by atoms with Crippen molar-refractivity contribution in [3.05, 3.63) is 101 Å². The minimum atomic E-state index is -0.243. The van der Waals surface area contributed by atoms with Gasteiger partial charge in [-0.25, -0.2) is 4.98 Å². The van der Waals surface area contributed by atoms with E-state index in [1.165, 1.54) is 0 Å². The first-order valence-electron chi connectivity index (χ1n) is 9.05. The van der Waals surface area contributed by atoms with Crippen LogP contribution >= 0.6 is 0 Å². The summed E-state index contributed by atoms with van der Waals surface area (Å²) in [5.74, 6) is 0.668. The van der Waals surface area contributed by atoms with Gasteiger partial charge in [-0.3, -0.25) is 4.79 Å². The third kappa shape index (κ3) is 3.90. The van der Waals surface area contributed by atoms with Gasteiger partial charge in [0.15, 0.2) is 0 Å². The fourth-order valence-electron chi connectivity index (χ4n) is 3.23. The highest BCUT2D eigenvalue weighted by Crippen LogP contribution is 2.20. The lowest BCUT2D eigenvalue weighted by Crippen LogP contribution is -2.30. The lowest BCUT2D eigenvalue weighted by atomic mass is 10.0. The Bertz CT molecular complexity index is 1040. The first-order chi connectivity index (χ1) is 13.2. The Morgan fingerprint density at radius 2 is 1.78 bits per heavy atom. The minimum absolute atomic E-state index is 0.0971. The van der Waals surface area contributed by atoms with Crippen molar-refractivity contribution in [1.29, 1.82) is 0 Å². The number of benzene rings is 3. The van der Waals surface area contributed by atoms with E-state index in [-0.39, 0.29) is 11.9 Å². The van der Waals surface area contributed by atoms with Crippen LogP contribution in [0, 0.1) is 6.92 Å². The molecule has 27 heavy (non-hydrogen) atoms. The van der Waals surface area contributed by atoms with Gasteiger partial charge in [0.1, 0.15) is 5.82 Å². The minimum Gasteiger partial charge on any atom is -0.342 e. The molecule has 3 aromatic carbocycles. The molecule has 4 nitrogen and oxygen atoms in total. The van der Waals surface area contributed by atoms with E-state index in [4.69, 9.17) is 4.98 Å². The van der Waals surface area contributed by atoms with Crippen molar-refractivity contribution in [1.82, 2.24) is 15.3 Å². The Morgan fingerprint density at radius 3 is 2.56 bits per heavy atom. The molecular weight excluding hydrogens is 334 g/mol. The van der Waals surface area contributed by atoms with E-state index in [0.717, 1.165) is 28.0 Å². The maximum absolute atomic E-state index is 12.8. The maximum Gasteiger partial charge on any atom is 0.251 e. The van der Waals surface area contributed by atoms with Crippen LogP contribution in [0.3, 0.4) is 0 Å². The number of imidazole rings is 1. The number of aromatic nitrogens is 2. The zero-order valence-electron chi connectivity index (χ0n) is 15.1. The van der Waals surface area contributed by atoms with E-state index in [1.54, 1.807) is 0 Å². The number of nitrogens with zero attached hydrogens (tertiary/aromatic N) is 1. The number of amides is 1. The van der Waals surface area contributed by atoms with Crippen molar-refractivity contribution in [2.24, 2.45) is 0 Å². The number of carbonyl (C=O) groups is 1. The van der Waals surface area contributed by atoms with Crippen LogP contribution in [-0.4, -0.2) is 15.9 Å². The van der Waals surface area contributed by atoms with E-state index in [9.17, 15) is 4.79 Å². The van der Waals surface area contributed by atoms with Crippen LogP contribution in [0.5, 0.6) is 0 Å². The molecule has 2 N–H and O–H groups in total. The van der Waals surface area contributed by atoms with Crippen molar-refractivity contribution >= 4 is 16.9 Å². The Labute approximate surface area is 158 Å². The maximum atomic E-state index is 12.8. The van der Waals surface area contributed by atoms with E-state index in [2.05, 4.69) is 22.4 Å². The topological polar surface area (TPSA) is 57.8 Å². The number of aromatic amines is 1. The molecule has 4 heteroatoms. The molecule has 0 aliphatic heterocycles. The number of nitrogens with one attached hydrogen (secondary N) is 2. The summed E-state index contributed by atoms with van der Waals surface area (Å²) >= 11 is 0. The molecule has 4 rings (SSSR count). The molecular formula is C23H21N3O. The van der Waals surface area contributed by atoms with Gasteiger partial charge in [0.05, 0.1) is 17.1 Å². The Balaban J connectivity index is 1.66. The SMILES string of the molecule is Cc1cccc(C(=O)NC(Cc2ccccc2)c2nc3ccccc3[nH]2)c1. The molecule has 0 saturated carbocycles. The quantitative estimate of drug-likeness (QED) is 0.550. The third-order valence-corrected chi connectivity index (χ3v) is 4.61. The van der Waals surface area contributed by atoms with E-state index in [1.807, 2.05) is 73.7 Å². The number of hydrogen-bond acceptors (Lipinski definition) is 2. The second-order valence-electron chi connectivity index (χ2n) is 6.72. The van der Waals surface area contributed by atoms with Crippen LogP contribution in [-0.2, 0) is 6.42 Å². The average Bonchev–Trinajstić information content (AvgIpc) is 3.12. The standard InChI is InChI=1S/C23H21N3O/c1-16-8-7-11-18(14-16)23(27)26-21(15-17-9-3-2-4-10-17)22-24-19-12-5-6-13-20(19)25-22/h2-14,21H,15H2,1H3,(H,24,25)(H,26,27). The van der Waals surface area contributed by atoms with Gasteiger partial charge in [-0.05, 0) is 43.2 Å². The molecule has 1 unspecified atom stereocenters. The molecule has 4 aromatic rings. The molecule has 0 spiro atoms. The second kappa shape index (κ2) is 7.46. The molecule has 0 saturated heterocycles. The van der Waals surface area contributed by atoms with Crippen LogP contribution in [0.2, 0.25) is 0 Å². The predicted molar refractivity (Wildman–Crippen MR) is 108 cm³/mol. The van der Waals surface area contributed by atoms with Crippen LogP contribution in [0.4, 0.5) is 0 Å². The van der Waals surface area contributed by atoms with E-state index >= 15 is 0 Å². The Hall–Kier alpha value is -3.40. The fraction of sp³-hybridized carbons (Fsp3) is 0.130. The molecule has 1 atom stereocenters.